The SMILES string of the molecule is Cc1cc(F)ccc1CNc1cccc(N2CCN(C(=O)OC(C)(C)C)CC2)c1CN. The van der Waals surface area contributed by atoms with Crippen LogP contribution in [-0.2, 0) is 17.8 Å². The number of amides is 1. The normalized spacial score (nSPS) is 14.5. The summed E-state index contributed by atoms with van der Waals surface area (Å²) in [4.78, 5) is 16.3. The van der Waals surface area contributed by atoms with Crippen molar-refractivity contribution < 1.29 is 13.9 Å². The summed E-state index contributed by atoms with van der Waals surface area (Å²) in [6, 6.07) is 10.9. The van der Waals surface area contributed by atoms with E-state index in [4.69, 9.17) is 10.5 Å². The Bertz CT molecular complexity index is 918. The zero-order valence-corrected chi connectivity index (χ0v) is 18.9. The number of benzene rings is 2. The van der Waals surface area contributed by atoms with Crippen molar-refractivity contribution in [2.24, 2.45) is 5.73 Å². The van der Waals surface area contributed by atoms with Crippen molar-refractivity contribution in [2.75, 3.05) is 36.4 Å². The largest absolute Gasteiger partial charge is 0.444 e. The van der Waals surface area contributed by atoms with Crippen LogP contribution in [0.1, 0.15) is 37.5 Å². The van der Waals surface area contributed by atoms with Gasteiger partial charge in [-0.2, -0.15) is 0 Å². The lowest BCUT2D eigenvalue weighted by molar-refractivity contribution is 0.0240. The highest BCUT2D eigenvalue weighted by molar-refractivity contribution is 5.70. The summed E-state index contributed by atoms with van der Waals surface area (Å²) in [5, 5.41) is 3.46. The van der Waals surface area contributed by atoms with Crippen LogP contribution < -0.4 is 16.0 Å². The first-order valence-electron chi connectivity index (χ1n) is 10.7. The quantitative estimate of drug-likeness (QED) is 0.745. The van der Waals surface area contributed by atoms with Crippen molar-refractivity contribution in [3.63, 3.8) is 0 Å². The van der Waals surface area contributed by atoms with Crippen LogP contribution in [0, 0.1) is 12.7 Å². The van der Waals surface area contributed by atoms with E-state index in [1.54, 1.807) is 17.0 Å². The first kappa shape index (κ1) is 22.9. The summed E-state index contributed by atoms with van der Waals surface area (Å²) in [7, 11) is 0. The number of ether oxygens (including phenoxy) is 1. The van der Waals surface area contributed by atoms with Gasteiger partial charge in [-0.25, -0.2) is 9.18 Å². The van der Waals surface area contributed by atoms with Crippen molar-refractivity contribution in [2.45, 2.75) is 46.4 Å². The van der Waals surface area contributed by atoms with Crippen LogP contribution in [0.25, 0.3) is 0 Å². The average Bonchev–Trinajstić information content (AvgIpc) is 2.71. The Morgan fingerprint density at radius 1 is 1.16 bits per heavy atom. The molecular formula is C24H33FN4O2. The number of hydrogen-bond acceptors (Lipinski definition) is 5. The van der Waals surface area contributed by atoms with Gasteiger partial charge in [0.05, 0.1) is 0 Å². The molecule has 0 spiro atoms. The fourth-order valence-electron chi connectivity index (χ4n) is 3.76. The molecule has 0 aromatic heterocycles. The first-order valence-corrected chi connectivity index (χ1v) is 10.7. The van der Waals surface area contributed by atoms with Crippen molar-refractivity contribution >= 4 is 17.5 Å². The van der Waals surface area contributed by atoms with Crippen molar-refractivity contribution in [1.29, 1.82) is 0 Å². The fraction of sp³-hybridized carbons (Fsp3) is 0.458. The zero-order valence-electron chi connectivity index (χ0n) is 18.9. The van der Waals surface area contributed by atoms with E-state index in [9.17, 15) is 9.18 Å². The number of anilines is 2. The molecule has 0 bridgehead atoms. The molecule has 0 saturated carbocycles. The molecule has 0 atom stereocenters. The lowest BCUT2D eigenvalue weighted by atomic mass is 10.1. The number of halogens is 1. The van der Waals surface area contributed by atoms with Gasteiger partial charge in [0.15, 0.2) is 0 Å². The second-order valence-corrected chi connectivity index (χ2v) is 8.89. The molecule has 1 saturated heterocycles. The standard InChI is InChI=1S/C24H33FN4O2/c1-17-14-19(25)9-8-18(17)16-27-21-6-5-7-22(20(21)15-26)28-10-12-29(13-11-28)23(30)31-24(2,3)4/h5-9,14,27H,10-13,15-16,26H2,1-4H3. The number of hydrogen-bond donors (Lipinski definition) is 2. The van der Waals surface area contributed by atoms with E-state index in [1.807, 2.05) is 39.8 Å². The highest BCUT2D eigenvalue weighted by atomic mass is 19.1. The van der Waals surface area contributed by atoms with Crippen LogP contribution in [0.3, 0.4) is 0 Å². The topological polar surface area (TPSA) is 70.8 Å². The third kappa shape index (κ3) is 5.88. The van der Waals surface area contributed by atoms with Crippen molar-refractivity contribution in [3.8, 4) is 0 Å². The molecule has 6 nitrogen and oxygen atoms in total. The summed E-state index contributed by atoms with van der Waals surface area (Å²) in [5.41, 5.74) is 10.7. The van der Waals surface area contributed by atoms with Gasteiger partial charge in [0, 0.05) is 56.2 Å². The number of nitrogens with two attached hydrogens (primary N) is 1. The maximum atomic E-state index is 13.4. The number of aryl methyl sites for hydroxylation is 1. The Morgan fingerprint density at radius 3 is 2.48 bits per heavy atom. The lowest BCUT2D eigenvalue weighted by Gasteiger charge is -2.37. The van der Waals surface area contributed by atoms with Crippen molar-refractivity contribution in [3.05, 3.63) is 58.9 Å². The van der Waals surface area contributed by atoms with Gasteiger partial charge >= 0.3 is 6.09 Å². The van der Waals surface area contributed by atoms with Crippen molar-refractivity contribution in [1.82, 2.24) is 4.90 Å². The van der Waals surface area contributed by atoms with E-state index in [-0.39, 0.29) is 11.9 Å². The number of rotatable bonds is 5. The lowest BCUT2D eigenvalue weighted by Crippen LogP contribution is -2.50. The molecule has 31 heavy (non-hydrogen) atoms. The van der Waals surface area contributed by atoms with E-state index >= 15 is 0 Å². The molecule has 168 valence electrons. The molecule has 1 amide bonds. The molecule has 0 radical (unpaired) electrons. The van der Waals surface area contributed by atoms with Crippen LogP contribution in [0.5, 0.6) is 0 Å². The van der Waals surface area contributed by atoms with E-state index in [0.29, 0.717) is 39.3 Å². The van der Waals surface area contributed by atoms with Gasteiger partial charge in [-0.05, 0) is 63.1 Å². The van der Waals surface area contributed by atoms with Crippen LogP contribution in [0.4, 0.5) is 20.6 Å². The Hall–Kier alpha value is -2.80. The zero-order chi connectivity index (χ0) is 22.6. The summed E-state index contributed by atoms with van der Waals surface area (Å²) in [6.45, 7) is 11.2. The van der Waals surface area contributed by atoms with Gasteiger partial charge in [-0.15, -0.1) is 0 Å². The van der Waals surface area contributed by atoms with Gasteiger partial charge in [0.1, 0.15) is 11.4 Å². The average molecular weight is 429 g/mol. The second-order valence-electron chi connectivity index (χ2n) is 8.89. The van der Waals surface area contributed by atoms with Crippen LogP contribution >= 0.6 is 0 Å². The number of nitrogens with zero attached hydrogens (tertiary/aromatic N) is 2. The maximum absolute atomic E-state index is 13.4. The third-order valence-corrected chi connectivity index (χ3v) is 5.40. The summed E-state index contributed by atoms with van der Waals surface area (Å²) in [5.74, 6) is -0.226. The Kier molecular flexibility index (Phi) is 7.05. The molecule has 1 aliphatic heterocycles. The van der Waals surface area contributed by atoms with Gasteiger partial charge in [0.25, 0.3) is 0 Å². The molecular weight excluding hydrogens is 395 g/mol. The van der Waals surface area contributed by atoms with Gasteiger partial charge in [-0.1, -0.05) is 12.1 Å². The fourth-order valence-corrected chi connectivity index (χ4v) is 3.76. The molecule has 1 fully saturated rings. The summed E-state index contributed by atoms with van der Waals surface area (Å²) < 4.78 is 18.9. The molecule has 2 aromatic rings. The minimum Gasteiger partial charge on any atom is -0.444 e. The van der Waals surface area contributed by atoms with E-state index in [2.05, 4.69) is 16.3 Å². The Morgan fingerprint density at radius 2 is 1.87 bits per heavy atom. The predicted octanol–water partition coefficient (Wildman–Crippen LogP) is 4.26. The first-order chi connectivity index (χ1) is 14.7. The van der Waals surface area contributed by atoms with E-state index in [0.717, 1.165) is 28.1 Å². The third-order valence-electron chi connectivity index (χ3n) is 5.40. The van der Waals surface area contributed by atoms with Crippen LogP contribution in [0.2, 0.25) is 0 Å². The van der Waals surface area contributed by atoms with Gasteiger partial charge in [-0.3, -0.25) is 0 Å². The number of piperazine rings is 1. The number of carbonyl (C=O) groups excluding carboxylic acids is 1. The minimum absolute atomic E-state index is 0.226. The van der Waals surface area contributed by atoms with E-state index < -0.39 is 5.60 Å². The second kappa shape index (κ2) is 9.56. The maximum Gasteiger partial charge on any atom is 0.410 e. The summed E-state index contributed by atoms with van der Waals surface area (Å²) >= 11 is 0. The molecule has 1 aliphatic rings. The highest BCUT2D eigenvalue weighted by Gasteiger charge is 2.26. The molecule has 7 heteroatoms. The van der Waals surface area contributed by atoms with E-state index in [1.165, 1.54) is 6.07 Å². The molecule has 0 aliphatic carbocycles. The monoisotopic (exact) mass is 428 g/mol. The number of nitrogens with one attached hydrogen (secondary N) is 1. The molecule has 3 N–H and O–H groups in total. The number of carbonyl (C=O) groups is 1. The Labute approximate surface area is 184 Å². The van der Waals surface area contributed by atoms with Crippen LogP contribution in [-0.4, -0.2) is 42.8 Å². The minimum atomic E-state index is -0.496. The molecule has 0 unspecified atom stereocenters. The predicted molar refractivity (Wildman–Crippen MR) is 123 cm³/mol. The summed E-state index contributed by atoms with van der Waals surface area (Å²) in [6.07, 6.45) is -0.267. The smallest absolute Gasteiger partial charge is 0.410 e. The van der Waals surface area contributed by atoms with Gasteiger partial charge < -0.3 is 25.6 Å². The Balaban J connectivity index is 1.68. The molecule has 1 heterocycles. The highest BCUT2D eigenvalue weighted by Crippen LogP contribution is 2.29. The molecule has 3 rings (SSSR count). The van der Waals surface area contributed by atoms with Crippen LogP contribution in [0.15, 0.2) is 36.4 Å². The van der Waals surface area contributed by atoms with Gasteiger partial charge in [0.2, 0.25) is 0 Å². The molecule has 2 aromatic carbocycles.